The number of hydrogen-bond donors (Lipinski definition) is 0. The average Bonchev–Trinajstić information content (AvgIpc) is 1.38. The molecule has 0 rings (SSSR count). The molecule has 0 fully saturated rings. The van der Waals surface area contributed by atoms with Crippen molar-refractivity contribution in [3.05, 3.63) is 29.2 Å². The zero-order chi connectivity index (χ0) is 4.28. The Bertz CT molecular complexity index is 22.9. The normalized spacial score (nSPS) is 8.33. The Labute approximate surface area is 83.5 Å². The van der Waals surface area contributed by atoms with Gasteiger partial charge in [-0.05, 0) is 0 Å². The Kier molecular flexibility index (Phi) is 80.3. The van der Waals surface area contributed by atoms with E-state index in [0.717, 1.165) is 6.16 Å². The third-order valence-electron chi connectivity index (χ3n) is 0.402. The molecule has 0 amide bonds. The average molecular weight is 225 g/mol. The topological polar surface area (TPSA) is 0 Å². The van der Waals surface area contributed by atoms with Crippen molar-refractivity contribution < 1.29 is 26.2 Å². The largest absolute Gasteiger partial charge is 4.00 e. The molecule has 0 aromatic heterocycles. The van der Waals surface area contributed by atoms with Gasteiger partial charge in [0.05, 0.1) is 0 Å². The molecule has 0 bridgehead atoms. The van der Waals surface area contributed by atoms with E-state index in [1.54, 1.807) is 0 Å². The summed E-state index contributed by atoms with van der Waals surface area (Å²) in [6.45, 7) is 5.83. The van der Waals surface area contributed by atoms with E-state index >= 15 is 0 Å². The van der Waals surface area contributed by atoms with Crippen molar-refractivity contribution in [2.24, 2.45) is 5.92 Å². The molecule has 0 aliphatic rings. The van der Waals surface area contributed by atoms with E-state index in [2.05, 4.69) is 23.1 Å². The molecule has 56 valence electrons. The van der Waals surface area contributed by atoms with E-state index in [1.807, 2.05) is 0 Å². The summed E-state index contributed by atoms with van der Waals surface area (Å²) in [7, 11) is 2.63. The predicted molar refractivity (Wildman–Crippen MR) is 48.3 cm³/mol. The molecule has 0 aliphatic heterocycles. The summed E-state index contributed by atoms with van der Waals surface area (Å²) in [5, 5.41) is 0. The first-order valence-electron chi connectivity index (χ1n) is 1.80. The van der Waals surface area contributed by atoms with Crippen molar-refractivity contribution in [3.8, 4) is 0 Å². The van der Waals surface area contributed by atoms with Crippen molar-refractivity contribution in [1.82, 2.24) is 0 Å². The summed E-state index contributed by atoms with van der Waals surface area (Å²) in [5.74, 6) is 0.597. The Morgan fingerprint density at radius 1 is 1.33 bits per heavy atom. The molecule has 2 atom stereocenters. The molecule has 0 aliphatic carbocycles. The molecule has 0 radical (unpaired) electrons. The minimum atomic E-state index is 0. The molecule has 0 nitrogen and oxygen atoms in total. The maximum Gasteiger partial charge on any atom is 4.00 e. The molecular formula is C7H19PZr. The van der Waals surface area contributed by atoms with Gasteiger partial charge in [-0.15, -0.1) is 9.24 Å². The van der Waals surface area contributed by atoms with Crippen molar-refractivity contribution >= 4 is 9.24 Å². The van der Waals surface area contributed by atoms with E-state index in [-0.39, 0.29) is 48.5 Å². The van der Waals surface area contributed by atoms with Crippen LogP contribution in [0.4, 0.5) is 0 Å². The van der Waals surface area contributed by atoms with Crippen molar-refractivity contribution in [3.63, 3.8) is 0 Å². The number of rotatable bonds is 1. The van der Waals surface area contributed by atoms with E-state index in [0.29, 0.717) is 5.92 Å². The van der Waals surface area contributed by atoms with Gasteiger partial charge in [-0.2, -0.15) is 5.92 Å². The standard InChI is InChI=1S/C4H10P.3CH3.Zr/c1-4(2)3-5;;;;/h4H,1,3,5H2,2H3;3*1H3;/q4*-1;+4/t4-;;;;/m1..../s1. The molecule has 0 saturated carbocycles. The summed E-state index contributed by atoms with van der Waals surface area (Å²) < 4.78 is 0. The van der Waals surface area contributed by atoms with Crippen LogP contribution in [-0.4, -0.2) is 6.16 Å². The fourth-order valence-electron chi connectivity index (χ4n) is 0. The molecule has 2 heteroatoms. The Morgan fingerprint density at radius 2 is 1.44 bits per heavy atom. The van der Waals surface area contributed by atoms with Gasteiger partial charge in [-0.3, -0.25) is 0 Å². The van der Waals surface area contributed by atoms with Gasteiger partial charge in [0.25, 0.3) is 0 Å². The van der Waals surface area contributed by atoms with Crippen molar-refractivity contribution in [2.45, 2.75) is 6.92 Å². The first-order valence-corrected chi connectivity index (χ1v) is 2.62. The zero-order valence-corrected chi connectivity index (χ0v) is 10.7. The SMILES string of the molecule is [CH2-][C@H](C)CP.[CH3-].[CH3-].[CH3-].[Zr+4]. The van der Waals surface area contributed by atoms with Gasteiger partial charge in [0.2, 0.25) is 0 Å². The van der Waals surface area contributed by atoms with E-state index in [1.165, 1.54) is 0 Å². The van der Waals surface area contributed by atoms with Crippen molar-refractivity contribution in [1.29, 1.82) is 0 Å². The molecular weight excluding hydrogens is 206 g/mol. The molecule has 0 spiro atoms. The fraction of sp³-hybridized carbons (Fsp3) is 0.429. The van der Waals surface area contributed by atoms with Gasteiger partial charge in [0.1, 0.15) is 0 Å². The Hall–Kier alpha value is 1.31. The second-order valence-electron chi connectivity index (χ2n) is 1.34. The molecule has 0 aromatic rings. The first kappa shape index (κ1) is 31.7. The van der Waals surface area contributed by atoms with Crippen molar-refractivity contribution in [2.75, 3.05) is 6.16 Å². The Balaban J connectivity index is -0.0000000133. The molecule has 9 heavy (non-hydrogen) atoms. The maximum atomic E-state index is 3.74. The third kappa shape index (κ3) is 45.4. The third-order valence-corrected chi connectivity index (χ3v) is 1.21. The minimum absolute atomic E-state index is 0. The van der Waals surface area contributed by atoms with Crippen LogP contribution in [-0.2, 0) is 26.2 Å². The molecule has 1 unspecified atom stereocenters. The van der Waals surface area contributed by atoms with Gasteiger partial charge in [-0.1, -0.05) is 13.1 Å². The smallest absolute Gasteiger partial charge is 0.358 e. The van der Waals surface area contributed by atoms with Crippen LogP contribution < -0.4 is 0 Å². The van der Waals surface area contributed by atoms with Crippen LogP contribution in [0.15, 0.2) is 0 Å². The fourth-order valence-corrected chi connectivity index (χ4v) is 0. The predicted octanol–water partition coefficient (Wildman–Crippen LogP) is 2.68. The van der Waals surface area contributed by atoms with Crippen LogP contribution >= 0.6 is 9.24 Å². The van der Waals surface area contributed by atoms with Crippen LogP contribution in [0.1, 0.15) is 6.92 Å². The maximum absolute atomic E-state index is 3.74. The summed E-state index contributed by atoms with van der Waals surface area (Å²) in [6, 6.07) is 0. The molecule has 0 heterocycles. The summed E-state index contributed by atoms with van der Waals surface area (Å²) in [5.41, 5.74) is 0. The molecule has 0 aromatic carbocycles. The van der Waals surface area contributed by atoms with Gasteiger partial charge < -0.3 is 29.2 Å². The van der Waals surface area contributed by atoms with E-state index in [4.69, 9.17) is 0 Å². The summed E-state index contributed by atoms with van der Waals surface area (Å²) in [6.07, 6.45) is 1.11. The summed E-state index contributed by atoms with van der Waals surface area (Å²) >= 11 is 0. The van der Waals surface area contributed by atoms with E-state index < -0.39 is 0 Å². The van der Waals surface area contributed by atoms with E-state index in [9.17, 15) is 0 Å². The van der Waals surface area contributed by atoms with Gasteiger partial charge >= 0.3 is 26.2 Å². The number of hydrogen-bond acceptors (Lipinski definition) is 0. The van der Waals surface area contributed by atoms with Crippen LogP contribution in [0.25, 0.3) is 0 Å². The van der Waals surface area contributed by atoms with Crippen LogP contribution in [0.2, 0.25) is 0 Å². The molecule has 0 N–H and O–H groups in total. The van der Waals surface area contributed by atoms with Gasteiger partial charge in [-0.25, -0.2) is 0 Å². The van der Waals surface area contributed by atoms with Gasteiger partial charge in [0, 0.05) is 0 Å². The van der Waals surface area contributed by atoms with Gasteiger partial charge in [0.15, 0.2) is 0 Å². The minimum Gasteiger partial charge on any atom is -0.358 e. The van der Waals surface area contributed by atoms with Crippen LogP contribution in [0, 0.1) is 35.1 Å². The zero-order valence-electron chi connectivity index (χ0n) is 7.07. The second kappa shape index (κ2) is 22.8. The monoisotopic (exact) mass is 224 g/mol. The van der Waals surface area contributed by atoms with Crippen LogP contribution in [0.5, 0.6) is 0 Å². The first-order chi connectivity index (χ1) is 2.27. The summed E-state index contributed by atoms with van der Waals surface area (Å²) in [4.78, 5) is 0. The molecule has 0 saturated heterocycles. The van der Waals surface area contributed by atoms with Crippen LogP contribution in [0.3, 0.4) is 0 Å². The second-order valence-corrected chi connectivity index (χ2v) is 1.81. The Morgan fingerprint density at radius 3 is 1.44 bits per heavy atom. The quantitative estimate of drug-likeness (QED) is 0.475.